The molecule has 0 aliphatic rings. The van der Waals surface area contributed by atoms with E-state index < -0.39 is 12.2 Å². The maximum absolute atomic E-state index is 11.1. The van der Waals surface area contributed by atoms with Crippen molar-refractivity contribution in [3.05, 3.63) is 35.5 Å². The van der Waals surface area contributed by atoms with E-state index in [-0.39, 0.29) is 6.61 Å². The molecule has 1 aromatic rings. The van der Waals surface area contributed by atoms with E-state index in [1.165, 1.54) is 7.11 Å². The van der Waals surface area contributed by atoms with Crippen molar-refractivity contribution in [2.75, 3.05) is 20.3 Å². The van der Waals surface area contributed by atoms with Crippen LogP contribution in [-0.4, -0.2) is 43.6 Å². The highest BCUT2D eigenvalue weighted by Gasteiger charge is 2.06. The number of aliphatic hydroxyl groups is 1. The molecule has 3 N–H and O–H groups in total. The average Bonchev–Trinajstić information content (AvgIpc) is 2.51. The molecule has 0 fully saturated rings. The van der Waals surface area contributed by atoms with Gasteiger partial charge in [0.05, 0.1) is 7.11 Å². The molecule has 6 heteroatoms. The Kier molecular flexibility index (Phi) is 8.15. The van der Waals surface area contributed by atoms with Crippen LogP contribution in [0.25, 0.3) is 6.08 Å². The van der Waals surface area contributed by atoms with Crippen molar-refractivity contribution < 1.29 is 19.4 Å². The van der Waals surface area contributed by atoms with E-state index in [2.05, 4.69) is 15.4 Å². The summed E-state index contributed by atoms with van der Waals surface area (Å²) in [5, 5.41) is 15.5. The zero-order valence-electron chi connectivity index (χ0n) is 14.1. The monoisotopic (exact) mass is 322 g/mol. The lowest BCUT2D eigenvalue weighted by atomic mass is 10.2. The third kappa shape index (κ3) is 8.23. The largest absolute Gasteiger partial charge is 0.491 e. The Morgan fingerprint density at radius 3 is 2.52 bits per heavy atom. The molecule has 23 heavy (non-hydrogen) atoms. The Bertz CT molecular complexity index is 512. The molecular formula is C17H26N2O4. The topological polar surface area (TPSA) is 79.8 Å². The van der Waals surface area contributed by atoms with Crippen LogP contribution in [0.2, 0.25) is 0 Å². The van der Waals surface area contributed by atoms with Crippen molar-refractivity contribution in [3.8, 4) is 5.75 Å². The predicted molar refractivity (Wildman–Crippen MR) is 90.3 cm³/mol. The van der Waals surface area contributed by atoms with Crippen molar-refractivity contribution in [2.24, 2.45) is 0 Å². The van der Waals surface area contributed by atoms with E-state index in [0.29, 0.717) is 24.0 Å². The Morgan fingerprint density at radius 1 is 1.30 bits per heavy atom. The number of rotatable bonds is 8. The van der Waals surface area contributed by atoms with E-state index in [1.54, 1.807) is 6.92 Å². The van der Waals surface area contributed by atoms with E-state index in [1.807, 2.05) is 44.2 Å². The van der Waals surface area contributed by atoms with Gasteiger partial charge in [0.25, 0.3) is 0 Å². The van der Waals surface area contributed by atoms with Crippen LogP contribution in [0.3, 0.4) is 0 Å². The van der Waals surface area contributed by atoms with Crippen LogP contribution < -0.4 is 15.4 Å². The van der Waals surface area contributed by atoms with Crippen molar-refractivity contribution in [1.82, 2.24) is 10.6 Å². The van der Waals surface area contributed by atoms with Gasteiger partial charge in [-0.25, -0.2) is 4.79 Å². The third-order valence-electron chi connectivity index (χ3n) is 2.95. The molecule has 0 spiro atoms. The average molecular weight is 322 g/mol. The van der Waals surface area contributed by atoms with Gasteiger partial charge in [-0.15, -0.1) is 0 Å². The van der Waals surface area contributed by atoms with E-state index >= 15 is 0 Å². The highest BCUT2D eigenvalue weighted by molar-refractivity contribution is 5.71. The quantitative estimate of drug-likeness (QED) is 0.683. The summed E-state index contributed by atoms with van der Waals surface area (Å²) in [6.07, 6.45) is 0.772. The lowest BCUT2D eigenvalue weighted by molar-refractivity contribution is 0.104. The highest BCUT2D eigenvalue weighted by atomic mass is 16.5. The van der Waals surface area contributed by atoms with Crippen LogP contribution in [0.5, 0.6) is 5.75 Å². The fourth-order valence-electron chi connectivity index (χ4n) is 1.78. The van der Waals surface area contributed by atoms with Crippen molar-refractivity contribution in [2.45, 2.75) is 32.9 Å². The zero-order valence-corrected chi connectivity index (χ0v) is 14.1. The summed E-state index contributed by atoms with van der Waals surface area (Å²) >= 11 is 0. The molecule has 1 amide bonds. The normalized spacial score (nSPS) is 12.9. The summed E-state index contributed by atoms with van der Waals surface area (Å²) in [5.41, 5.74) is 1.61. The van der Waals surface area contributed by atoms with Crippen LogP contribution in [0.15, 0.2) is 30.0 Å². The Labute approximate surface area is 137 Å². The number of carbonyl (C=O) groups excluding carboxylic acids is 1. The summed E-state index contributed by atoms with van der Waals surface area (Å²) in [6.45, 7) is 6.56. The fraction of sp³-hybridized carbons (Fsp3) is 0.471. The van der Waals surface area contributed by atoms with Crippen LogP contribution >= 0.6 is 0 Å². The van der Waals surface area contributed by atoms with Crippen molar-refractivity contribution >= 4 is 12.2 Å². The number of alkyl carbamates (subject to hydrolysis) is 1. The molecule has 0 bridgehead atoms. The second kappa shape index (κ2) is 9.86. The van der Waals surface area contributed by atoms with E-state index in [0.717, 1.165) is 5.56 Å². The molecule has 6 nitrogen and oxygen atoms in total. The number of aliphatic hydroxyl groups excluding tert-OH is 1. The van der Waals surface area contributed by atoms with E-state index in [4.69, 9.17) is 4.74 Å². The molecule has 0 saturated heterocycles. The van der Waals surface area contributed by atoms with Crippen molar-refractivity contribution in [3.63, 3.8) is 0 Å². The van der Waals surface area contributed by atoms with Gasteiger partial charge < -0.3 is 19.9 Å². The second-order valence-electron chi connectivity index (χ2n) is 5.54. The maximum atomic E-state index is 11.1. The lowest BCUT2D eigenvalue weighted by Gasteiger charge is -2.15. The lowest BCUT2D eigenvalue weighted by Crippen LogP contribution is -2.35. The number of carbonyl (C=O) groups is 1. The van der Waals surface area contributed by atoms with Gasteiger partial charge in [-0.05, 0) is 30.7 Å². The zero-order chi connectivity index (χ0) is 17.2. The number of hydrogen-bond donors (Lipinski definition) is 3. The molecule has 0 aliphatic carbocycles. The van der Waals surface area contributed by atoms with Crippen molar-refractivity contribution in [1.29, 1.82) is 0 Å². The minimum absolute atomic E-state index is 0.234. The third-order valence-corrected chi connectivity index (χ3v) is 2.95. The van der Waals surface area contributed by atoms with Gasteiger partial charge in [-0.1, -0.05) is 26.0 Å². The SMILES string of the molecule is COC(=O)NC(C)=Cc1ccc(OCC(O)CNC(C)C)cc1. The van der Waals surface area contributed by atoms with E-state index in [9.17, 15) is 9.90 Å². The first-order chi connectivity index (χ1) is 10.9. The first-order valence-electron chi connectivity index (χ1n) is 7.58. The number of amides is 1. The molecule has 128 valence electrons. The molecule has 0 aliphatic heterocycles. The Morgan fingerprint density at radius 2 is 1.96 bits per heavy atom. The fourth-order valence-corrected chi connectivity index (χ4v) is 1.78. The van der Waals surface area contributed by atoms with Gasteiger partial charge in [-0.2, -0.15) is 0 Å². The number of nitrogens with one attached hydrogen (secondary N) is 2. The Hall–Kier alpha value is -2.05. The minimum atomic E-state index is -0.552. The Balaban J connectivity index is 2.47. The summed E-state index contributed by atoms with van der Waals surface area (Å²) < 4.78 is 10.1. The molecule has 1 rings (SSSR count). The predicted octanol–water partition coefficient (Wildman–Crippen LogP) is 2.14. The molecule has 1 atom stereocenters. The highest BCUT2D eigenvalue weighted by Crippen LogP contribution is 2.14. The van der Waals surface area contributed by atoms with Crippen LogP contribution in [0.1, 0.15) is 26.3 Å². The molecule has 1 aromatic carbocycles. The number of ether oxygens (including phenoxy) is 2. The maximum Gasteiger partial charge on any atom is 0.411 e. The van der Waals surface area contributed by atoms with Gasteiger partial charge in [0.1, 0.15) is 18.5 Å². The smallest absolute Gasteiger partial charge is 0.411 e. The number of hydrogen-bond acceptors (Lipinski definition) is 5. The number of methoxy groups -OCH3 is 1. The van der Waals surface area contributed by atoms with Gasteiger partial charge in [0, 0.05) is 18.3 Å². The molecule has 0 aromatic heterocycles. The summed E-state index contributed by atoms with van der Waals surface area (Å²) in [5.74, 6) is 0.685. The minimum Gasteiger partial charge on any atom is -0.491 e. The van der Waals surface area contributed by atoms with Gasteiger partial charge in [-0.3, -0.25) is 5.32 Å². The number of allylic oxidation sites excluding steroid dienone is 1. The summed E-state index contributed by atoms with van der Waals surface area (Å²) in [7, 11) is 1.32. The van der Waals surface area contributed by atoms with Gasteiger partial charge in [0.15, 0.2) is 0 Å². The van der Waals surface area contributed by atoms with Crippen LogP contribution in [0, 0.1) is 0 Å². The standard InChI is InChI=1S/C17H26N2O4/c1-12(2)18-10-15(20)11-23-16-7-5-14(6-8-16)9-13(3)19-17(21)22-4/h5-9,12,15,18,20H,10-11H2,1-4H3,(H,19,21). The van der Waals surface area contributed by atoms with Gasteiger partial charge in [0.2, 0.25) is 0 Å². The summed E-state index contributed by atoms with van der Waals surface area (Å²) in [4.78, 5) is 11.1. The number of benzene rings is 1. The first kappa shape index (κ1) is 19.0. The molecule has 0 heterocycles. The van der Waals surface area contributed by atoms with Crippen LogP contribution in [0.4, 0.5) is 4.79 Å². The molecule has 0 radical (unpaired) electrons. The summed E-state index contributed by atoms with van der Waals surface area (Å²) in [6, 6.07) is 7.71. The molecular weight excluding hydrogens is 296 g/mol. The molecule has 1 unspecified atom stereocenters. The van der Waals surface area contributed by atoms with Gasteiger partial charge >= 0.3 is 6.09 Å². The second-order valence-corrected chi connectivity index (χ2v) is 5.54. The van der Waals surface area contributed by atoms with Crippen LogP contribution in [-0.2, 0) is 4.74 Å². The first-order valence-corrected chi connectivity index (χ1v) is 7.58. The molecule has 0 saturated carbocycles.